The van der Waals surface area contributed by atoms with E-state index in [1.165, 1.54) is 14.2 Å². The molecule has 2 aromatic rings. The van der Waals surface area contributed by atoms with Crippen LogP contribution in [0.5, 0.6) is 11.5 Å². The van der Waals surface area contributed by atoms with E-state index >= 15 is 0 Å². The van der Waals surface area contributed by atoms with Crippen LogP contribution in [0.15, 0.2) is 58.5 Å². The minimum Gasteiger partial charge on any atom is -0.497 e. The second-order valence-corrected chi connectivity index (χ2v) is 10.7. The summed E-state index contributed by atoms with van der Waals surface area (Å²) in [6.45, 7) is 0. The van der Waals surface area contributed by atoms with Crippen molar-refractivity contribution < 1.29 is 35.8 Å². The molecule has 0 aliphatic carbocycles. The molecule has 2 N–H and O–H groups in total. The normalized spacial score (nSPS) is 24.0. The largest absolute Gasteiger partial charge is 0.497 e. The van der Waals surface area contributed by atoms with Gasteiger partial charge in [-0.3, -0.25) is 9.98 Å². The van der Waals surface area contributed by atoms with Crippen LogP contribution < -0.4 is 20.1 Å². The van der Waals surface area contributed by atoms with E-state index in [9.17, 15) is 26.3 Å². The second-order valence-electron chi connectivity index (χ2n) is 8.56. The highest BCUT2D eigenvalue weighted by molar-refractivity contribution is 8.87. The van der Waals surface area contributed by atoms with Crippen molar-refractivity contribution in [3.8, 4) is 11.5 Å². The highest BCUT2D eigenvalue weighted by atomic mass is 33.1. The summed E-state index contributed by atoms with van der Waals surface area (Å²) in [7, 11) is 4.55. The van der Waals surface area contributed by atoms with Gasteiger partial charge in [-0.15, -0.1) is 0 Å². The lowest BCUT2D eigenvalue weighted by molar-refractivity contribution is -0.156. The van der Waals surface area contributed by atoms with Crippen LogP contribution in [-0.4, -0.2) is 49.0 Å². The van der Waals surface area contributed by atoms with Crippen molar-refractivity contribution in [1.82, 2.24) is 10.6 Å². The number of ether oxygens (including phenoxy) is 2. The number of hydrogen-bond acceptors (Lipinski definition) is 8. The standard InChI is InChI=1S/C24H24F6N4O2S2/c1-35-15-7-3-13(4-8-15)17-11-19(23(25,26)27)33-21(31-17)37-38-22-32-18(12-20(34-22)24(28,29)30)14-5-9-16(36-2)10-6-14/h3-10,17-20H,11-12H2,1-2H3,(H,31,33)(H,32,34)/t17-,18+,19-,20-/m0/s1. The van der Waals surface area contributed by atoms with Gasteiger partial charge in [-0.05, 0) is 57.0 Å². The number of hydrogen-bond donors (Lipinski definition) is 2. The fraction of sp³-hybridized carbons (Fsp3) is 0.417. The van der Waals surface area contributed by atoms with E-state index in [1.54, 1.807) is 48.5 Å². The van der Waals surface area contributed by atoms with E-state index in [0.717, 1.165) is 21.6 Å². The van der Waals surface area contributed by atoms with Crippen molar-refractivity contribution in [3.05, 3.63) is 59.7 Å². The number of nitrogens with zero attached hydrogens (tertiary/aromatic N) is 2. The van der Waals surface area contributed by atoms with Gasteiger partial charge in [0.05, 0.1) is 26.3 Å². The molecular weight excluding hydrogens is 554 g/mol. The molecule has 4 rings (SSSR count). The molecule has 206 valence electrons. The van der Waals surface area contributed by atoms with Crippen LogP contribution in [0.4, 0.5) is 26.3 Å². The van der Waals surface area contributed by atoms with E-state index in [1.807, 2.05) is 0 Å². The molecule has 0 fully saturated rings. The topological polar surface area (TPSA) is 67.2 Å². The fourth-order valence-corrected chi connectivity index (χ4v) is 5.90. The van der Waals surface area contributed by atoms with Gasteiger partial charge in [0.25, 0.3) is 0 Å². The molecule has 2 aromatic carbocycles. The molecule has 4 atom stereocenters. The SMILES string of the molecule is COc1ccc([C@@H]2C[C@@H](C(F)(F)F)NC(SSC3=N[C@@H](c4ccc(OC)cc4)C[C@@H](C(F)(F)F)N3)=N2)cc1. The van der Waals surface area contributed by atoms with E-state index in [2.05, 4.69) is 20.6 Å². The van der Waals surface area contributed by atoms with Crippen LogP contribution in [0.3, 0.4) is 0 Å². The Balaban J connectivity index is 1.55. The van der Waals surface area contributed by atoms with E-state index in [4.69, 9.17) is 9.47 Å². The van der Waals surface area contributed by atoms with Crippen LogP contribution in [0.25, 0.3) is 0 Å². The quantitative estimate of drug-likeness (QED) is 0.322. The molecule has 0 saturated heterocycles. The smallest absolute Gasteiger partial charge is 0.408 e. The molecule has 2 aliphatic heterocycles. The zero-order valence-electron chi connectivity index (χ0n) is 20.1. The van der Waals surface area contributed by atoms with Gasteiger partial charge in [0.15, 0.2) is 10.3 Å². The first-order valence-electron chi connectivity index (χ1n) is 11.4. The maximum Gasteiger partial charge on any atom is 0.408 e. The summed E-state index contributed by atoms with van der Waals surface area (Å²) < 4.78 is 92.2. The Morgan fingerprint density at radius 3 is 1.29 bits per heavy atom. The lowest BCUT2D eigenvalue weighted by Crippen LogP contribution is -2.49. The minimum atomic E-state index is -4.54. The zero-order chi connectivity index (χ0) is 27.5. The minimum absolute atomic E-state index is 0.0518. The van der Waals surface area contributed by atoms with Crippen molar-refractivity contribution in [3.63, 3.8) is 0 Å². The lowest BCUT2D eigenvalue weighted by atomic mass is 9.98. The lowest BCUT2D eigenvalue weighted by Gasteiger charge is -2.32. The molecule has 0 radical (unpaired) electrons. The van der Waals surface area contributed by atoms with E-state index in [0.29, 0.717) is 22.6 Å². The van der Waals surface area contributed by atoms with Crippen LogP contribution in [0.1, 0.15) is 36.1 Å². The molecule has 38 heavy (non-hydrogen) atoms. The Bertz CT molecular complexity index is 1060. The molecule has 0 unspecified atom stereocenters. The van der Waals surface area contributed by atoms with Gasteiger partial charge in [-0.25, -0.2) is 0 Å². The molecule has 14 heteroatoms. The third kappa shape index (κ3) is 7.01. The molecule has 0 amide bonds. The first-order chi connectivity index (χ1) is 18.0. The average Bonchev–Trinajstić information content (AvgIpc) is 2.90. The number of aliphatic imine (C=N–C) groups is 2. The summed E-state index contributed by atoms with van der Waals surface area (Å²) in [6, 6.07) is 7.76. The summed E-state index contributed by atoms with van der Waals surface area (Å²) in [5.41, 5.74) is 1.13. The Morgan fingerprint density at radius 2 is 1.00 bits per heavy atom. The number of nitrogens with one attached hydrogen (secondary N) is 2. The Kier molecular flexibility index (Phi) is 8.60. The fourth-order valence-electron chi connectivity index (χ4n) is 4.00. The molecule has 2 aliphatic rings. The molecule has 2 heterocycles. The highest BCUT2D eigenvalue weighted by Gasteiger charge is 2.45. The number of amidine groups is 2. The average molecular weight is 579 g/mol. The van der Waals surface area contributed by atoms with Crippen LogP contribution >= 0.6 is 21.6 Å². The summed E-state index contributed by atoms with van der Waals surface area (Å²) in [5, 5.41) is 4.65. The highest BCUT2D eigenvalue weighted by Crippen LogP contribution is 2.40. The van der Waals surface area contributed by atoms with Gasteiger partial charge in [-0.2, -0.15) is 26.3 Å². The Hall–Kier alpha value is -2.74. The Labute approximate surface area is 223 Å². The number of rotatable bonds is 4. The first-order valence-corrected chi connectivity index (χ1v) is 13.6. The van der Waals surface area contributed by atoms with Crippen molar-refractivity contribution in [2.24, 2.45) is 9.98 Å². The van der Waals surface area contributed by atoms with Gasteiger partial charge >= 0.3 is 12.4 Å². The maximum absolute atomic E-state index is 13.7. The molecule has 6 nitrogen and oxygen atoms in total. The first kappa shape index (κ1) is 28.3. The summed E-state index contributed by atoms with van der Waals surface area (Å²) >= 11 is 0. The predicted molar refractivity (Wildman–Crippen MR) is 137 cm³/mol. The predicted octanol–water partition coefficient (Wildman–Crippen LogP) is 6.43. The molecule has 0 aromatic heterocycles. The number of alkyl halides is 6. The second kappa shape index (κ2) is 11.6. The van der Waals surface area contributed by atoms with E-state index in [-0.39, 0.29) is 23.2 Å². The molecule has 0 bridgehead atoms. The maximum atomic E-state index is 13.7. The molecule has 0 saturated carbocycles. The van der Waals surface area contributed by atoms with E-state index < -0.39 is 36.5 Å². The van der Waals surface area contributed by atoms with Gasteiger partial charge in [0.1, 0.15) is 23.6 Å². The van der Waals surface area contributed by atoms with Crippen LogP contribution in [0, 0.1) is 0 Å². The van der Waals surface area contributed by atoms with Gasteiger partial charge < -0.3 is 20.1 Å². The van der Waals surface area contributed by atoms with Crippen molar-refractivity contribution in [2.45, 2.75) is 49.4 Å². The van der Waals surface area contributed by atoms with Crippen molar-refractivity contribution in [2.75, 3.05) is 14.2 Å². The molecule has 0 spiro atoms. The van der Waals surface area contributed by atoms with Crippen molar-refractivity contribution >= 4 is 31.9 Å². The number of benzene rings is 2. The zero-order valence-corrected chi connectivity index (χ0v) is 21.8. The molecular formula is C24H24F6N4O2S2. The summed E-state index contributed by atoms with van der Waals surface area (Å²) in [5.74, 6) is 1.10. The van der Waals surface area contributed by atoms with Crippen molar-refractivity contribution in [1.29, 1.82) is 0 Å². The van der Waals surface area contributed by atoms with Gasteiger partial charge in [0, 0.05) is 12.8 Å². The third-order valence-corrected chi connectivity index (χ3v) is 8.09. The summed E-state index contributed by atoms with van der Waals surface area (Å²) in [6.07, 6.45) is -9.73. The summed E-state index contributed by atoms with van der Waals surface area (Å²) in [4.78, 5) is 8.82. The van der Waals surface area contributed by atoms with Gasteiger partial charge in [-0.1, -0.05) is 24.3 Å². The third-order valence-electron chi connectivity index (χ3n) is 6.05. The Morgan fingerprint density at radius 1 is 0.658 bits per heavy atom. The number of halogens is 6. The van der Waals surface area contributed by atoms with Crippen LogP contribution in [-0.2, 0) is 0 Å². The number of methoxy groups -OCH3 is 2. The monoisotopic (exact) mass is 578 g/mol. The van der Waals surface area contributed by atoms with Gasteiger partial charge in [0.2, 0.25) is 0 Å². The van der Waals surface area contributed by atoms with Crippen LogP contribution in [0.2, 0.25) is 0 Å².